The molecule has 2 N–H and O–H groups in total. The SMILES string of the molecule is CCCNC(=O)c1cc(NC)ncc1[N+](=O)[O-]. The molecule has 0 aliphatic heterocycles. The third kappa shape index (κ3) is 3.13. The van der Waals surface area contributed by atoms with E-state index in [2.05, 4.69) is 15.6 Å². The number of nitro groups is 1. The van der Waals surface area contributed by atoms with Crippen molar-refractivity contribution in [3.05, 3.63) is 27.9 Å². The number of nitrogens with zero attached hydrogens (tertiary/aromatic N) is 2. The van der Waals surface area contributed by atoms with E-state index in [0.717, 1.165) is 12.6 Å². The maximum atomic E-state index is 11.7. The Kier molecular flexibility index (Phi) is 4.38. The first-order chi connectivity index (χ1) is 8.10. The molecule has 1 aromatic heterocycles. The number of carbonyl (C=O) groups is 1. The van der Waals surface area contributed by atoms with Crippen LogP contribution in [0.15, 0.2) is 12.3 Å². The molecule has 0 fully saturated rings. The molecule has 0 bridgehead atoms. The molecular formula is C10H14N4O3. The van der Waals surface area contributed by atoms with E-state index in [9.17, 15) is 14.9 Å². The van der Waals surface area contributed by atoms with Crippen molar-refractivity contribution >= 4 is 17.4 Å². The highest BCUT2D eigenvalue weighted by molar-refractivity contribution is 5.98. The van der Waals surface area contributed by atoms with Crippen LogP contribution in [0.2, 0.25) is 0 Å². The number of amides is 1. The minimum atomic E-state index is -0.618. The number of pyridine rings is 1. The van der Waals surface area contributed by atoms with Crippen molar-refractivity contribution in [3.8, 4) is 0 Å². The molecule has 0 aliphatic carbocycles. The van der Waals surface area contributed by atoms with Gasteiger partial charge in [0.2, 0.25) is 0 Å². The maximum Gasteiger partial charge on any atom is 0.300 e. The third-order valence-electron chi connectivity index (χ3n) is 2.12. The third-order valence-corrected chi connectivity index (χ3v) is 2.12. The highest BCUT2D eigenvalue weighted by Gasteiger charge is 2.20. The monoisotopic (exact) mass is 238 g/mol. The number of aromatic nitrogens is 1. The summed E-state index contributed by atoms with van der Waals surface area (Å²) in [6.45, 7) is 2.38. The molecule has 0 radical (unpaired) electrons. The lowest BCUT2D eigenvalue weighted by atomic mass is 10.2. The summed E-state index contributed by atoms with van der Waals surface area (Å²) < 4.78 is 0. The summed E-state index contributed by atoms with van der Waals surface area (Å²) in [5.41, 5.74) is -0.277. The molecule has 0 saturated heterocycles. The van der Waals surface area contributed by atoms with E-state index in [4.69, 9.17) is 0 Å². The molecule has 0 saturated carbocycles. The number of nitrogens with one attached hydrogen (secondary N) is 2. The second-order valence-corrected chi connectivity index (χ2v) is 3.35. The molecule has 7 nitrogen and oxygen atoms in total. The first-order valence-electron chi connectivity index (χ1n) is 5.20. The molecule has 0 aromatic carbocycles. The van der Waals surface area contributed by atoms with Gasteiger partial charge < -0.3 is 10.6 Å². The average molecular weight is 238 g/mol. The quantitative estimate of drug-likeness (QED) is 0.592. The van der Waals surface area contributed by atoms with Crippen molar-refractivity contribution in [1.82, 2.24) is 10.3 Å². The number of hydrogen-bond donors (Lipinski definition) is 2. The lowest BCUT2D eigenvalue weighted by molar-refractivity contribution is -0.385. The van der Waals surface area contributed by atoms with E-state index in [1.165, 1.54) is 6.07 Å². The molecule has 0 spiro atoms. The molecule has 7 heteroatoms. The molecule has 1 rings (SSSR count). The summed E-state index contributed by atoms with van der Waals surface area (Å²) in [6, 6.07) is 1.36. The molecule has 17 heavy (non-hydrogen) atoms. The Balaban J connectivity index is 3.08. The van der Waals surface area contributed by atoms with Gasteiger partial charge in [-0.05, 0) is 6.42 Å². The van der Waals surface area contributed by atoms with Gasteiger partial charge >= 0.3 is 0 Å². The van der Waals surface area contributed by atoms with Crippen molar-refractivity contribution in [2.24, 2.45) is 0 Å². The molecule has 0 unspecified atom stereocenters. The van der Waals surface area contributed by atoms with Crippen molar-refractivity contribution in [2.75, 3.05) is 18.9 Å². The molecule has 0 aliphatic rings. The predicted octanol–water partition coefficient (Wildman–Crippen LogP) is 1.17. The van der Waals surface area contributed by atoms with Crippen molar-refractivity contribution < 1.29 is 9.72 Å². The first-order valence-corrected chi connectivity index (χ1v) is 5.20. The van der Waals surface area contributed by atoms with E-state index in [1.807, 2.05) is 6.92 Å². The fourth-order valence-electron chi connectivity index (χ4n) is 1.25. The highest BCUT2D eigenvalue weighted by Crippen LogP contribution is 2.19. The minimum Gasteiger partial charge on any atom is -0.373 e. The fourth-order valence-corrected chi connectivity index (χ4v) is 1.25. The topological polar surface area (TPSA) is 97.2 Å². The summed E-state index contributed by atoms with van der Waals surface area (Å²) in [7, 11) is 1.63. The standard InChI is InChI=1S/C10H14N4O3/c1-3-4-12-10(15)7-5-9(11-2)13-6-8(7)14(16)17/h5-6H,3-4H2,1-2H3,(H,11,13)(H,12,15). The van der Waals surface area contributed by atoms with Crippen LogP contribution in [0, 0.1) is 10.1 Å². The van der Waals surface area contributed by atoms with Gasteiger partial charge in [0.1, 0.15) is 17.6 Å². The van der Waals surface area contributed by atoms with Gasteiger partial charge in [-0.3, -0.25) is 14.9 Å². The van der Waals surface area contributed by atoms with Gasteiger partial charge in [-0.15, -0.1) is 0 Å². The zero-order valence-corrected chi connectivity index (χ0v) is 9.69. The van der Waals surface area contributed by atoms with Gasteiger partial charge in [-0.25, -0.2) is 4.98 Å². The van der Waals surface area contributed by atoms with E-state index in [-0.39, 0.29) is 11.3 Å². The lowest BCUT2D eigenvalue weighted by Gasteiger charge is -2.06. The largest absolute Gasteiger partial charge is 0.373 e. The zero-order chi connectivity index (χ0) is 12.8. The van der Waals surface area contributed by atoms with E-state index in [1.54, 1.807) is 7.05 Å². The summed E-state index contributed by atoms with van der Waals surface area (Å²) in [6.07, 6.45) is 1.84. The lowest BCUT2D eigenvalue weighted by Crippen LogP contribution is -2.25. The maximum absolute atomic E-state index is 11.7. The van der Waals surface area contributed by atoms with Gasteiger partial charge in [0.25, 0.3) is 11.6 Å². The molecule has 0 atom stereocenters. The normalized spacial score (nSPS) is 9.76. The van der Waals surface area contributed by atoms with Crippen LogP contribution >= 0.6 is 0 Å². The number of anilines is 1. The Morgan fingerprint density at radius 2 is 2.29 bits per heavy atom. The van der Waals surface area contributed by atoms with Crippen LogP contribution in [-0.4, -0.2) is 29.4 Å². The van der Waals surface area contributed by atoms with Gasteiger partial charge in [0.05, 0.1) is 4.92 Å². The van der Waals surface area contributed by atoms with Gasteiger partial charge in [0.15, 0.2) is 0 Å². The summed E-state index contributed by atoms with van der Waals surface area (Å²) in [4.78, 5) is 25.7. The van der Waals surface area contributed by atoms with Crippen LogP contribution < -0.4 is 10.6 Å². The Morgan fingerprint density at radius 1 is 1.59 bits per heavy atom. The van der Waals surface area contributed by atoms with Gasteiger partial charge in [0, 0.05) is 19.7 Å². The number of hydrogen-bond acceptors (Lipinski definition) is 5. The zero-order valence-electron chi connectivity index (χ0n) is 9.69. The average Bonchev–Trinajstić information content (AvgIpc) is 2.34. The Hall–Kier alpha value is -2.18. The van der Waals surface area contributed by atoms with Crippen molar-refractivity contribution in [3.63, 3.8) is 0 Å². The Morgan fingerprint density at radius 3 is 2.82 bits per heavy atom. The van der Waals surface area contributed by atoms with Crippen molar-refractivity contribution in [1.29, 1.82) is 0 Å². The molecule has 92 valence electrons. The highest BCUT2D eigenvalue weighted by atomic mass is 16.6. The van der Waals surface area contributed by atoms with Crippen LogP contribution in [0.25, 0.3) is 0 Å². The van der Waals surface area contributed by atoms with E-state index < -0.39 is 10.8 Å². The molecule has 1 aromatic rings. The van der Waals surface area contributed by atoms with Crippen LogP contribution in [0.3, 0.4) is 0 Å². The van der Waals surface area contributed by atoms with Crippen molar-refractivity contribution in [2.45, 2.75) is 13.3 Å². The van der Waals surface area contributed by atoms with Crippen LogP contribution in [0.4, 0.5) is 11.5 Å². The number of rotatable bonds is 5. The number of carbonyl (C=O) groups excluding carboxylic acids is 1. The summed E-state index contributed by atoms with van der Waals surface area (Å²) >= 11 is 0. The second-order valence-electron chi connectivity index (χ2n) is 3.35. The van der Waals surface area contributed by atoms with E-state index in [0.29, 0.717) is 12.4 Å². The minimum absolute atomic E-state index is 0.0165. The van der Waals surface area contributed by atoms with Crippen LogP contribution in [0.1, 0.15) is 23.7 Å². The predicted molar refractivity (Wildman–Crippen MR) is 63.1 cm³/mol. The van der Waals surface area contributed by atoms with E-state index >= 15 is 0 Å². The summed E-state index contributed by atoms with van der Waals surface area (Å²) in [5, 5.41) is 16.1. The van der Waals surface area contributed by atoms with Gasteiger partial charge in [-0.2, -0.15) is 0 Å². The fraction of sp³-hybridized carbons (Fsp3) is 0.400. The molecule has 1 amide bonds. The van der Waals surface area contributed by atoms with Crippen LogP contribution in [0.5, 0.6) is 0 Å². The molecular weight excluding hydrogens is 224 g/mol. The first kappa shape index (κ1) is 12.9. The summed E-state index contributed by atoms with van der Waals surface area (Å²) in [5.74, 6) is -0.0466. The van der Waals surface area contributed by atoms with Crippen LogP contribution in [-0.2, 0) is 0 Å². The Bertz CT molecular complexity index is 434. The second kappa shape index (κ2) is 5.78. The molecule has 1 heterocycles. The smallest absolute Gasteiger partial charge is 0.300 e. The Labute approximate surface area is 98.4 Å². The van der Waals surface area contributed by atoms with Gasteiger partial charge in [-0.1, -0.05) is 6.92 Å².